The molecule has 108 heavy (non-hydrogen) atoms. The molecule has 0 heterocycles. The number of benzene rings is 4. The Morgan fingerprint density at radius 3 is 1.15 bits per heavy atom. The highest BCUT2D eigenvalue weighted by atomic mass is 32.2. The normalized spacial score (nSPS) is 12.4. The molecule has 0 aliphatic heterocycles. The summed E-state index contributed by atoms with van der Waals surface area (Å²) in [5, 5.41) is 22.1. The molecule has 0 aliphatic carbocycles. The predicted octanol–water partition coefficient (Wildman–Crippen LogP) is 3.79. The number of nitrogens with two attached hydrogens (primary N) is 4. The number of rotatable bonds is 57. The quantitative estimate of drug-likeness (QED) is 0.0102. The minimum absolute atomic E-state index is 0.0190. The number of guanidine groups is 2. The molecule has 0 saturated heterocycles. The zero-order chi connectivity index (χ0) is 79.5. The first-order valence-electron chi connectivity index (χ1n) is 34.2. The predicted molar refractivity (Wildman–Crippen MR) is 387 cm³/mol. The van der Waals surface area contributed by atoms with E-state index in [1.165, 1.54) is 74.5 Å². The monoisotopic (exact) mass is 1580 g/mol. The van der Waals surface area contributed by atoms with Crippen LogP contribution in [-0.4, -0.2) is 252 Å². The molecule has 2 unspecified atom stereocenters. The summed E-state index contributed by atoms with van der Waals surface area (Å²) in [6.45, 7) is 15.2. The number of sulfonamides is 1. The van der Waals surface area contributed by atoms with Crippen LogP contribution in [0.2, 0.25) is 0 Å². The fourth-order valence-electron chi connectivity index (χ4n) is 8.53. The van der Waals surface area contributed by atoms with Gasteiger partial charge in [-0.3, -0.25) is 19.2 Å². The largest absolute Gasteiger partial charge is 0.451 e. The summed E-state index contributed by atoms with van der Waals surface area (Å²) in [4.78, 5) is 54.2. The van der Waals surface area contributed by atoms with Gasteiger partial charge in [0.25, 0.3) is 17.7 Å². The van der Waals surface area contributed by atoms with Crippen molar-refractivity contribution < 1.29 is 130 Å². The van der Waals surface area contributed by atoms with Gasteiger partial charge >= 0.3 is 0 Å². The molecule has 12 N–H and O–H groups in total. The van der Waals surface area contributed by atoms with E-state index in [1.807, 2.05) is 6.92 Å². The molecular weight excluding hydrogens is 1480 g/mol. The molecule has 0 saturated carbocycles. The molecule has 0 spiro atoms. The van der Waals surface area contributed by atoms with Crippen LogP contribution in [-0.2, 0) is 95.9 Å². The van der Waals surface area contributed by atoms with Gasteiger partial charge in [-0.15, -0.1) is 0 Å². The SMILES string of the molecule is CCOCCNC(=O)C(O)C(O)C(=O)CCCOCCOCCOCCOCCOCCOCCNS(=O)(=O)c1ccc(Oc2c(F)cc(/C=C(\C)C(=O)N=C(N)N)cc2F)cc1.CCOCCOCCOCCOCCOCCCS(=O)(=O)c1ccc(Oc2c(F)cc(/C=C(\C)C(=O)N=C(N)N)cc2F)cc1. The highest BCUT2D eigenvalue weighted by Crippen LogP contribution is 2.32. The third-order valence-electron chi connectivity index (χ3n) is 13.9. The standard InChI is InChI=1S/C40H59F2N5O15S.C30H41F2N3O9S/c1-3-55-13-10-45-39(52)36(50)35(49)34(48)5-4-12-56-15-17-58-19-21-60-23-24-61-22-20-59-18-16-57-14-11-46-63(53,54)31-8-6-30(7-9-31)62-37-32(41)26-29(27-33(37)42)25-28(2)38(51)47-40(43)44;1-3-39-10-11-41-14-15-43-17-16-42-13-12-40-9-4-18-45(37,38)25-7-5-24(6-8-25)44-28-26(31)20-23(21-27(28)32)19-22(2)29(36)35-30(33)34/h6-9,25-27,35-36,46,49-50H,3-5,10-24H2,1-2H3,(H,45,52)(H4,43,44,47,51);5-8,19-21H,3-4,9-18H2,1-2H3,(H4,33,34,35,36)/b28-25+;22-19+. The molecule has 0 fully saturated rings. The molecule has 2 atom stereocenters. The van der Waals surface area contributed by atoms with Crippen LogP contribution in [0.4, 0.5) is 17.6 Å². The average Bonchev–Trinajstić information content (AvgIpc) is 0.824. The first kappa shape index (κ1) is 94.2. The van der Waals surface area contributed by atoms with E-state index in [9.17, 15) is 63.8 Å². The lowest BCUT2D eigenvalue weighted by molar-refractivity contribution is -0.145. The number of halogens is 4. The molecule has 32 nitrogen and oxygen atoms in total. The summed E-state index contributed by atoms with van der Waals surface area (Å²) in [6.07, 6.45) is -0.759. The summed E-state index contributed by atoms with van der Waals surface area (Å²) in [5.74, 6) is -9.72. The molecule has 604 valence electrons. The number of amides is 3. The first-order valence-corrected chi connectivity index (χ1v) is 37.3. The summed E-state index contributed by atoms with van der Waals surface area (Å²) in [7, 11) is -7.55. The molecule has 4 aromatic rings. The average molecular weight is 1580 g/mol. The Balaban J connectivity index is 0.000000592. The number of ketones is 1. The molecule has 0 bridgehead atoms. The van der Waals surface area contributed by atoms with Gasteiger partial charge < -0.3 is 105 Å². The van der Waals surface area contributed by atoms with E-state index in [-0.39, 0.29) is 121 Å². The van der Waals surface area contributed by atoms with Gasteiger partial charge in [0.05, 0.1) is 148 Å². The number of aliphatic imine (C=N–C) groups is 2. The molecule has 0 radical (unpaired) electrons. The summed E-state index contributed by atoms with van der Waals surface area (Å²) < 4.78 is 187. The van der Waals surface area contributed by atoms with Crippen molar-refractivity contribution in [1.82, 2.24) is 10.0 Å². The molecular formula is C70H100F4N8O24S2. The Bertz CT molecular complexity index is 3640. The summed E-state index contributed by atoms with van der Waals surface area (Å²) >= 11 is 0. The van der Waals surface area contributed by atoms with E-state index in [4.69, 9.17) is 89.3 Å². The summed E-state index contributed by atoms with van der Waals surface area (Å²) in [5.41, 5.74) is 20.8. The number of carbonyl (C=O) groups is 4. The Labute approximate surface area is 625 Å². The van der Waals surface area contributed by atoms with Gasteiger partial charge in [-0.1, -0.05) is 0 Å². The number of hydrogen-bond acceptors (Lipinski definition) is 24. The van der Waals surface area contributed by atoms with Crippen LogP contribution >= 0.6 is 0 Å². The number of hydrogen-bond donors (Lipinski definition) is 8. The number of ether oxygens (including phenoxy) is 14. The first-order chi connectivity index (χ1) is 51.7. The van der Waals surface area contributed by atoms with E-state index < -0.39 is 102 Å². The smallest absolute Gasteiger partial charge is 0.275 e. The van der Waals surface area contributed by atoms with Gasteiger partial charge in [-0.05, 0) is 137 Å². The number of nitrogens with one attached hydrogen (secondary N) is 2. The van der Waals surface area contributed by atoms with Crippen LogP contribution in [0.25, 0.3) is 12.2 Å². The van der Waals surface area contributed by atoms with E-state index in [1.54, 1.807) is 6.92 Å². The second-order valence-corrected chi connectivity index (χ2v) is 26.3. The lowest BCUT2D eigenvalue weighted by Gasteiger charge is -2.16. The van der Waals surface area contributed by atoms with Gasteiger partial charge in [-0.25, -0.2) is 39.1 Å². The van der Waals surface area contributed by atoms with Crippen molar-refractivity contribution >= 4 is 67.4 Å². The van der Waals surface area contributed by atoms with Crippen LogP contribution < -0.4 is 42.4 Å². The van der Waals surface area contributed by atoms with Crippen LogP contribution in [0, 0.1) is 23.3 Å². The van der Waals surface area contributed by atoms with Crippen molar-refractivity contribution in [1.29, 1.82) is 0 Å². The maximum atomic E-state index is 14.7. The van der Waals surface area contributed by atoms with Gasteiger partial charge in [-0.2, -0.15) is 9.98 Å². The number of Topliss-reactive ketones (excluding diaryl/α,β-unsaturated/α-hetero) is 1. The Morgan fingerprint density at radius 1 is 0.454 bits per heavy atom. The summed E-state index contributed by atoms with van der Waals surface area (Å²) in [6, 6.07) is 13.9. The molecule has 0 aromatic heterocycles. The minimum Gasteiger partial charge on any atom is -0.451 e. The number of aliphatic hydroxyl groups excluding tert-OH is 2. The van der Waals surface area contributed by atoms with Crippen LogP contribution in [0.5, 0.6) is 23.0 Å². The second-order valence-electron chi connectivity index (χ2n) is 22.5. The molecule has 38 heteroatoms. The third-order valence-corrected chi connectivity index (χ3v) is 17.1. The van der Waals surface area contributed by atoms with Crippen molar-refractivity contribution in [3.05, 3.63) is 118 Å². The highest BCUT2D eigenvalue weighted by molar-refractivity contribution is 7.91. The van der Waals surface area contributed by atoms with Gasteiger partial charge in [0.15, 0.2) is 68.4 Å². The van der Waals surface area contributed by atoms with Crippen molar-refractivity contribution in [3.8, 4) is 23.0 Å². The third kappa shape index (κ3) is 40.4. The Kier molecular flexibility index (Phi) is 47.6. The Morgan fingerprint density at radius 2 is 0.778 bits per heavy atom. The van der Waals surface area contributed by atoms with E-state index in [0.29, 0.717) is 119 Å². The lowest BCUT2D eigenvalue weighted by Crippen LogP contribution is -2.46. The van der Waals surface area contributed by atoms with E-state index in [0.717, 1.165) is 24.3 Å². The number of nitrogens with zero attached hydrogens (tertiary/aromatic N) is 2. The maximum Gasteiger partial charge on any atom is 0.275 e. The van der Waals surface area contributed by atoms with Gasteiger partial charge in [0, 0.05) is 57.1 Å². The molecule has 3 amide bonds. The van der Waals surface area contributed by atoms with Gasteiger partial charge in [0.2, 0.25) is 10.0 Å². The topological polar surface area (TPSA) is 459 Å². The van der Waals surface area contributed by atoms with Crippen molar-refractivity contribution in [2.45, 2.75) is 69.0 Å². The van der Waals surface area contributed by atoms with Crippen molar-refractivity contribution in [2.24, 2.45) is 32.9 Å². The number of carbonyl (C=O) groups excluding carboxylic acids is 4. The fourth-order valence-corrected chi connectivity index (χ4v) is 10.8. The van der Waals surface area contributed by atoms with Gasteiger partial charge in [0.1, 0.15) is 17.6 Å². The zero-order valence-corrected chi connectivity index (χ0v) is 62.5. The molecule has 4 rings (SSSR count). The van der Waals surface area contributed by atoms with Crippen molar-refractivity contribution in [2.75, 3.05) is 177 Å². The minimum atomic E-state index is -3.93. The number of aliphatic hydroxyl groups is 2. The van der Waals surface area contributed by atoms with E-state index >= 15 is 0 Å². The zero-order valence-electron chi connectivity index (χ0n) is 60.9. The maximum absolute atomic E-state index is 14.7. The van der Waals surface area contributed by atoms with Crippen LogP contribution in [0.1, 0.15) is 58.1 Å². The number of sulfone groups is 1. The van der Waals surface area contributed by atoms with Crippen LogP contribution in [0.15, 0.2) is 104 Å². The molecule has 4 aromatic carbocycles. The van der Waals surface area contributed by atoms with Crippen molar-refractivity contribution in [3.63, 3.8) is 0 Å². The fraction of sp³-hybridized carbons (Fsp3) is 0.514. The highest BCUT2D eigenvalue weighted by Gasteiger charge is 2.30. The van der Waals surface area contributed by atoms with E-state index in [2.05, 4.69) is 20.0 Å². The lowest BCUT2D eigenvalue weighted by atomic mass is 10.1. The molecule has 0 aliphatic rings. The Hall–Kier alpha value is -8.00. The van der Waals surface area contributed by atoms with Crippen LogP contribution in [0.3, 0.4) is 0 Å². The second kappa shape index (κ2) is 54.6.